The van der Waals surface area contributed by atoms with Crippen LogP contribution in [0.2, 0.25) is 0 Å². The van der Waals surface area contributed by atoms with Gasteiger partial charge in [-0.2, -0.15) is 4.98 Å². The molecular weight excluding hydrogens is 503 g/mol. The van der Waals surface area contributed by atoms with Crippen LogP contribution < -0.4 is 14.8 Å². The topological polar surface area (TPSA) is 89.4 Å². The number of nitrogens with one attached hydrogen (secondary N) is 1. The molecular formula is C20H19IN4O3S. The first-order valence-electron chi connectivity index (χ1n) is 9.16. The van der Waals surface area contributed by atoms with Crippen molar-refractivity contribution in [1.82, 2.24) is 15.2 Å². The van der Waals surface area contributed by atoms with Crippen molar-refractivity contribution < 1.29 is 14.6 Å². The fourth-order valence-corrected chi connectivity index (χ4v) is 4.13. The first-order valence-corrected chi connectivity index (χ1v) is 11.2. The molecule has 1 aromatic heterocycles. The van der Waals surface area contributed by atoms with Gasteiger partial charge in [0.2, 0.25) is 11.0 Å². The number of rotatable bonds is 5. The molecule has 0 spiro atoms. The molecule has 2 heterocycles. The summed E-state index contributed by atoms with van der Waals surface area (Å²) in [5.41, 5.74) is 3.14. The number of phenolic OH excluding ortho intramolecular Hbond substituents is 1. The Labute approximate surface area is 186 Å². The number of benzene rings is 2. The minimum Gasteiger partial charge on any atom is -0.504 e. The third-order valence-corrected chi connectivity index (χ3v) is 5.80. The molecule has 0 amide bonds. The van der Waals surface area contributed by atoms with Crippen molar-refractivity contribution in [2.24, 2.45) is 0 Å². The average Bonchev–Trinajstić information content (AvgIpc) is 2.88. The molecule has 0 saturated carbocycles. The quantitative estimate of drug-likeness (QED) is 0.363. The van der Waals surface area contributed by atoms with Crippen LogP contribution >= 0.6 is 34.4 Å². The van der Waals surface area contributed by atoms with Crippen molar-refractivity contribution >= 4 is 40.0 Å². The minimum absolute atomic E-state index is 0.122. The van der Waals surface area contributed by atoms with E-state index in [4.69, 9.17) is 9.47 Å². The highest BCUT2D eigenvalue weighted by Crippen LogP contribution is 2.41. The van der Waals surface area contributed by atoms with Crippen LogP contribution in [0.4, 0.5) is 5.69 Å². The Morgan fingerprint density at radius 3 is 2.86 bits per heavy atom. The molecule has 1 aliphatic rings. The van der Waals surface area contributed by atoms with Gasteiger partial charge in [-0.15, -0.1) is 10.2 Å². The highest BCUT2D eigenvalue weighted by atomic mass is 127. The lowest BCUT2D eigenvalue weighted by Crippen LogP contribution is -2.17. The molecule has 29 heavy (non-hydrogen) atoms. The average molecular weight is 522 g/mol. The van der Waals surface area contributed by atoms with Gasteiger partial charge in [0, 0.05) is 16.8 Å². The Hall–Kier alpha value is -2.27. The number of aromatic hydroxyl groups is 1. The van der Waals surface area contributed by atoms with Crippen LogP contribution in [0.5, 0.6) is 17.4 Å². The van der Waals surface area contributed by atoms with Crippen molar-refractivity contribution in [3.63, 3.8) is 0 Å². The highest BCUT2D eigenvalue weighted by Gasteiger charge is 2.27. The van der Waals surface area contributed by atoms with E-state index < -0.39 is 6.23 Å². The summed E-state index contributed by atoms with van der Waals surface area (Å²) >= 11 is 3.59. The number of anilines is 1. The minimum atomic E-state index is -0.540. The summed E-state index contributed by atoms with van der Waals surface area (Å²) in [5.74, 6) is 1.79. The maximum atomic E-state index is 10.3. The summed E-state index contributed by atoms with van der Waals surface area (Å²) < 4.78 is 12.5. The Kier molecular flexibility index (Phi) is 5.95. The summed E-state index contributed by atoms with van der Waals surface area (Å²) in [4.78, 5) is 4.58. The van der Waals surface area contributed by atoms with Crippen LogP contribution in [-0.4, -0.2) is 32.6 Å². The van der Waals surface area contributed by atoms with E-state index in [0.717, 1.165) is 22.6 Å². The van der Waals surface area contributed by atoms with E-state index in [1.54, 1.807) is 6.07 Å². The van der Waals surface area contributed by atoms with E-state index in [0.29, 0.717) is 32.7 Å². The number of phenols is 1. The SMILES string of the molecule is CCOc1cc([C@H]2Nc3ccccc3-c3nnc(SCC)nc3O2)cc(I)c1O. The second-order valence-electron chi connectivity index (χ2n) is 6.15. The van der Waals surface area contributed by atoms with E-state index in [-0.39, 0.29) is 5.75 Å². The van der Waals surface area contributed by atoms with Gasteiger partial charge in [0.1, 0.15) is 0 Å². The zero-order valence-electron chi connectivity index (χ0n) is 15.8. The molecule has 2 aromatic carbocycles. The van der Waals surface area contributed by atoms with Gasteiger partial charge in [-0.05, 0) is 53.5 Å². The maximum Gasteiger partial charge on any atom is 0.247 e. The lowest BCUT2D eigenvalue weighted by molar-refractivity contribution is 0.224. The maximum absolute atomic E-state index is 10.3. The predicted molar refractivity (Wildman–Crippen MR) is 121 cm³/mol. The normalized spacial score (nSPS) is 14.8. The number of halogens is 1. The number of aromatic nitrogens is 3. The second-order valence-corrected chi connectivity index (χ2v) is 8.54. The molecule has 0 unspecified atom stereocenters. The second kappa shape index (κ2) is 8.62. The Bertz CT molecular complexity index is 1050. The number of hydrogen-bond donors (Lipinski definition) is 2. The largest absolute Gasteiger partial charge is 0.504 e. The van der Waals surface area contributed by atoms with Crippen LogP contribution in [0.25, 0.3) is 11.3 Å². The van der Waals surface area contributed by atoms with E-state index >= 15 is 0 Å². The molecule has 7 nitrogen and oxygen atoms in total. The summed E-state index contributed by atoms with van der Waals surface area (Å²) in [6.07, 6.45) is -0.540. The molecule has 3 aromatic rings. The van der Waals surface area contributed by atoms with Gasteiger partial charge in [-0.25, -0.2) is 0 Å². The summed E-state index contributed by atoms with van der Waals surface area (Å²) in [6, 6.07) is 11.5. The van der Waals surface area contributed by atoms with E-state index in [9.17, 15) is 5.11 Å². The van der Waals surface area contributed by atoms with Gasteiger partial charge in [0.25, 0.3) is 0 Å². The molecule has 150 valence electrons. The standard InChI is InChI=1S/C20H19IN4O3S/c1-3-27-15-10-11(9-13(21)17(15)26)18-22-14-8-6-5-7-12(14)16-19(28-18)23-20(25-24-16)29-4-2/h5-10,18,22,26H,3-4H2,1-2H3/t18-/m0/s1. The third-order valence-electron chi connectivity index (χ3n) is 4.26. The molecule has 0 aliphatic carbocycles. The van der Waals surface area contributed by atoms with Crippen molar-refractivity contribution in [2.45, 2.75) is 25.2 Å². The summed E-state index contributed by atoms with van der Waals surface area (Å²) in [5, 5.41) is 22.9. The molecule has 0 saturated heterocycles. The van der Waals surface area contributed by atoms with Crippen LogP contribution in [0.1, 0.15) is 25.6 Å². The van der Waals surface area contributed by atoms with Crippen LogP contribution in [0.3, 0.4) is 0 Å². The molecule has 2 N–H and O–H groups in total. The van der Waals surface area contributed by atoms with Gasteiger partial charge in [0.15, 0.2) is 23.4 Å². The van der Waals surface area contributed by atoms with Gasteiger partial charge < -0.3 is 19.9 Å². The number of thioether (sulfide) groups is 1. The molecule has 1 aliphatic heterocycles. The zero-order chi connectivity index (χ0) is 20.4. The Morgan fingerprint density at radius 1 is 1.24 bits per heavy atom. The fraction of sp³-hybridized carbons (Fsp3) is 0.250. The third kappa shape index (κ3) is 4.06. The van der Waals surface area contributed by atoms with Crippen molar-refractivity contribution in [3.05, 3.63) is 45.5 Å². The van der Waals surface area contributed by atoms with Gasteiger partial charge in [-0.1, -0.05) is 36.9 Å². The number of para-hydroxylation sites is 1. The molecule has 1 atom stereocenters. The molecule has 0 radical (unpaired) electrons. The van der Waals surface area contributed by atoms with Crippen LogP contribution in [-0.2, 0) is 0 Å². The molecule has 9 heteroatoms. The number of nitrogens with zero attached hydrogens (tertiary/aromatic N) is 3. The van der Waals surface area contributed by atoms with E-state index in [1.807, 2.05) is 44.2 Å². The van der Waals surface area contributed by atoms with E-state index in [2.05, 4.69) is 43.1 Å². The van der Waals surface area contributed by atoms with Crippen LogP contribution in [0, 0.1) is 3.57 Å². The predicted octanol–water partition coefficient (Wildman–Crippen LogP) is 4.86. The van der Waals surface area contributed by atoms with Crippen molar-refractivity contribution in [3.8, 4) is 28.6 Å². The van der Waals surface area contributed by atoms with Gasteiger partial charge in [0.05, 0.1) is 10.2 Å². The summed E-state index contributed by atoms with van der Waals surface area (Å²) in [7, 11) is 0. The zero-order valence-corrected chi connectivity index (χ0v) is 18.8. The number of ether oxygens (including phenoxy) is 2. The smallest absolute Gasteiger partial charge is 0.247 e. The van der Waals surface area contributed by atoms with Crippen molar-refractivity contribution in [1.29, 1.82) is 0 Å². The lowest BCUT2D eigenvalue weighted by Gasteiger charge is -2.21. The number of hydrogen-bond acceptors (Lipinski definition) is 8. The Morgan fingerprint density at radius 2 is 2.07 bits per heavy atom. The first kappa shape index (κ1) is 20.0. The number of fused-ring (bicyclic) bond motifs is 3. The van der Waals surface area contributed by atoms with Crippen LogP contribution in [0.15, 0.2) is 41.6 Å². The fourth-order valence-electron chi connectivity index (χ4n) is 3.00. The van der Waals surface area contributed by atoms with Gasteiger partial charge in [-0.3, -0.25) is 0 Å². The molecule has 4 rings (SSSR count). The highest BCUT2D eigenvalue weighted by molar-refractivity contribution is 14.1. The molecule has 0 bridgehead atoms. The lowest BCUT2D eigenvalue weighted by atomic mass is 10.1. The van der Waals surface area contributed by atoms with E-state index in [1.165, 1.54) is 11.8 Å². The summed E-state index contributed by atoms with van der Waals surface area (Å²) in [6.45, 7) is 4.36. The Balaban J connectivity index is 1.82. The molecule has 0 fully saturated rings. The van der Waals surface area contributed by atoms with Gasteiger partial charge >= 0.3 is 0 Å². The first-order chi connectivity index (χ1) is 14.1. The van der Waals surface area contributed by atoms with Crippen molar-refractivity contribution in [2.75, 3.05) is 17.7 Å². The monoisotopic (exact) mass is 522 g/mol.